The molecular formula is C6H13N3O7P2. The van der Waals surface area contributed by atoms with E-state index < -0.39 is 33.7 Å². The molecule has 0 saturated carbocycles. The fourth-order valence-corrected chi connectivity index (χ4v) is 2.93. The van der Waals surface area contributed by atoms with E-state index in [2.05, 4.69) is 4.99 Å². The fourth-order valence-electron chi connectivity index (χ4n) is 1.43. The molecule has 0 spiro atoms. The van der Waals surface area contributed by atoms with Gasteiger partial charge < -0.3 is 29.4 Å². The molecule has 1 aliphatic heterocycles. The topological polar surface area (TPSA) is 151 Å². The Labute approximate surface area is 102 Å². The maximum absolute atomic E-state index is 11.1. The summed E-state index contributed by atoms with van der Waals surface area (Å²) in [4.78, 5) is 51.9. The van der Waals surface area contributed by atoms with E-state index in [-0.39, 0.29) is 12.5 Å². The molecule has 0 aromatic heterocycles. The highest BCUT2D eigenvalue weighted by molar-refractivity contribution is 7.52. The summed E-state index contributed by atoms with van der Waals surface area (Å²) in [6.45, 7) is -0.103. The standard InChI is InChI=1S/C6H13N3O7P2/c1-8-2-5(10)7-6(8)9(3-17(11,12)13)4-18(14,15)16/h2-4H2,1H3,(H2,11,12,13)(H2,14,15,16). The van der Waals surface area contributed by atoms with Gasteiger partial charge in [0.1, 0.15) is 19.1 Å². The number of hydrogen-bond acceptors (Lipinski definition) is 5. The summed E-state index contributed by atoms with van der Waals surface area (Å²) < 4.78 is 21.8. The molecule has 18 heavy (non-hydrogen) atoms. The molecule has 1 aliphatic rings. The van der Waals surface area contributed by atoms with E-state index in [4.69, 9.17) is 19.6 Å². The van der Waals surface area contributed by atoms with Crippen LogP contribution in [-0.2, 0) is 13.9 Å². The van der Waals surface area contributed by atoms with Gasteiger partial charge in [-0.3, -0.25) is 13.9 Å². The molecule has 4 N–H and O–H groups in total. The molecule has 104 valence electrons. The lowest BCUT2D eigenvalue weighted by atomic mass is 10.6. The molecule has 0 atom stereocenters. The summed E-state index contributed by atoms with van der Waals surface area (Å²) in [6.07, 6.45) is -1.84. The number of aliphatic imine (C=N–C) groups is 1. The van der Waals surface area contributed by atoms with Gasteiger partial charge in [0.05, 0.1) is 0 Å². The highest BCUT2D eigenvalue weighted by Gasteiger charge is 2.33. The number of guanidine groups is 1. The van der Waals surface area contributed by atoms with Crippen LogP contribution in [0.15, 0.2) is 4.99 Å². The Kier molecular flexibility index (Phi) is 4.32. The first kappa shape index (κ1) is 15.3. The lowest BCUT2D eigenvalue weighted by Crippen LogP contribution is -2.41. The zero-order chi connectivity index (χ0) is 14.1. The van der Waals surface area contributed by atoms with Crippen molar-refractivity contribution < 1.29 is 33.5 Å². The minimum atomic E-state index is -4.54. The van der Waals surface area contributed by atoms with Gasteiger partial charge in [-0.2, -0.15) is 4.99 Å². The molecule has 1 amide bonds. The molecule has 0 aromatic carbocycles. The lowest BCUT2D eigenvalue weighted by molar-refractivity contribution is -0.116. The molecular weight excluding hydrogens is 288 g/mol. The van der Waals surface area contributed by atoms with Gasteiger partial charge in [0, 0.05) is 7.05 Å². The van der Waals surface area contributed by atoms with Crippen molar-refractivity contribution in [1.29, 1.82) is 0 Å². The Morgan fingerprint density at radius 3 is 1.94 bits per heavy atom. The van der Waals surface area contributed by atoms with Crippen LogP contribution < -0.4 is 0 Å². The predicted molar refractivity (Wildman–Crippen MR) is 60.7 cm³/mol. The van der Waals surface area contributed by atoms with E-state index in [1.54, 1.807) is 0 Å². The molecule has 0 saturated heterocycles. The van der Waals surface area contributed by atoms with Crippen molar-refractivity contribution in [3.63, 3.8) is 0 Å². The molecule has 10 nitrogen and oxygen atoms in total. The van der Waals surface area contributed by atoms with Crippen LogP contribution >= 0.6 is 15.2 Å². The van der Waals surface area contributed by atoms with Crippen LogP contribution in [0.1, 0.15) is 0 Å². The summed E-state index contributed by atoms with van der Waals surface area (Å²) in [5.74, 6) is -0.708. The number of hydrogen-bond donors (Lipinski definition) is 4. The quantitative estimate of drug-likeness (QED) is 0.449. The highest BCUT2D eigenvalue weighted by Crippen LogP contribution is 2.41. The molecule has 0 unspecified atom stereocenters. The van der Waals surface area contributed by atoms with Crippen molar-refractivity contribution in [2.45, 2.75) is 0 Å². The van der Waals surface area contributed by atoms with Crippen LogP contribution in [0.2, 0.25) is 0 Å². The van der Waals surface area contributed by atoms with E-state index in [0.29, 0.717) is 4.90 Å². The molecule has 0 radical (unpaired) electrons. The minimum Gasteiger partial charge on any atom is -0.336 e. The number of amides is 1. The maximum atomic E-state index is 11.1. The average molecular weight is 301 g/mol. The van der Waals surface area contributed by atoms with Gasteiger partial charge in [0.2, 0.25) is 5.96 Å². The molecule has 12 heteroatoms. The Hall–Kier alpha value is -0.760. The molecule has 0 aromatic rings. The Morgan fingerprint density at radius 2 is 1.67 bits per heavy atom. The SMILES string of the molecule is CN1CC(=O)N=C1N(CP(=O)(O)O)CP(=O)(O)O. The molecule has 0 aliphatic carbocycles. The monoisotopic (exact) mass is 301 g/mol. The van der Waals surface area contributed by atoms with Crippen molar-refractivity contribution in [2.75, 3.05) is 26.2 Å². The summed E-state index contributed by atoms with van der Waals surface area (Å²) in [6, 6.07) is 0. The number of rotatable bonds is 4. The van der Waals surface area contributed by atoms with E-state index in [9.17, 15) is 13.9 Å². The van der Waals surface area contributed by atoms with Gasteiger partial charge in [0.15, 0.2) is 0 Å². The zero-order valence-electron chi connectivity index (χ0n) is 9.37. The first-order valence-electron chi connectivity index (χ1n) is 4.65. The van der Waals surface area contributed by atoms with Crippen LogP contribution in [-0.4, -0.2) is 67.4 Å². The first-order valence-corrected chi connectivity index (χ1v) is 8.24. The van der Waals surface area contributed by atoms with Crippen LogP contribution in [0.25, 0.3) is 0 Å². The highest BCUT2D eigenvalue weighted by atomic mass is 31.2. The predicted octanol–water partition coefficient (Wildman–Crippen LogP) is -1.61. The van der Waals surface area contributed by atoms with Crippen molar-refractivity contribution in [3.8, 4) is 0 Å². The van der Waals surface area contributed by atoms with Gasteiger partial charge >= 0.3 is 15.2 Å². The van der Waals surface area contributed by atoms with Crippen molar-refractivity contribution >= 4 is 27.1 Å². The van der Waals surface area contributed by atoms with E-state index in [0.717, 1.165) is 0 Å². The van der Waals surface area contributed by atoms with Crippen LogP contribution in [0.4, 0.5) is 0 Å². The third kappa shape index (κ3) is 4.85. The third-order valence-electron chi connectivity index (χ3n) is 1.93. The molecule has 1 heterocycles. The fraction of sp³-hybridized carbons (Fsp3) is 0.667. The van der Waals surface area contributed by atoms with Crippen molar-refractivity contribution in [3.05, 3.63) is 0 Å². The summed E-state index contributed by atoms with van der Waals surface area (Å²) in [5, 5.41) is 0. The molecule has 0 fully saturated rings. The second kappa shape index (κ2) is 5.08. The Bertz CT molecular complexity index is 442. The van der Waals surface area contributed by atoms with Crippen LogP contribution in [0.5, 0.6) is 0 Å². The summed E-state index contributed by atoms with van der Waals surface area (Å²) in [7, 11) is -7.66. The van der Waals surface area contributed by atoms with Crippen LogP contribution in [0, 0.1) is 0 Å². The van der Waals surface area contributed by atoms with E-state index in [1.165, 1.54) is 11.9 Å². The van der Waals surface area contributed by atoms with Crippen molar-refractivity contribution in [2.24, 2.45) is 4.99 Å². The van der Waals surface area contributed by atoms with E-state index >= 15 is 0 Å². The van der Waals surface area contributed by atoms with E-state index in [1.807, 2.05) is 0 Å². The van der Waals surface area contributed by atoms with Gasteiger partial charge in [-0.05, 0) is 0 Å². The number of likely N-dealkylation sites (N-methyl/N-ethyl adjacent to an activating group) is 1. The minimum absolute atomic E-state index is 0.103. The first-order chi connectivity index (χ1) is 7.98. The van der Waals surface area contributed by atoms with Crippen LogP contribution in [0.3, 0.4) is 0 Å². The smallest absolute Gasteiger partial charge is 0.336 e. The summed E-state index contributed by atoms with van der Waals surface area (Å²) in [5.41, 5.74) is 0. The maximum Gasteiger partial charge on any atom is 0.344 e. The number of nitrogens with zero attached hydrogens (tertiary/aromatic N) is 3. The molecule has 1 rings (SSSR count). The van der Waals surface area contributed by atoms with Gasteiger partial charge in [-0.1, -0.05) is 0 Å². The third-order valence-corrected chi connectivity index (χ3v) is 3.35. The Morgan fingerprint density at radius 1 is 1.22 bits per heavy atom. The van der Waals surface area contributed by atoms with Gasteiger partial charge in [0.25, 0.3) is 5.91 Å². The second-order valence-corrected chi connectivity index (χ2v) is 7.04. The van der Waals surface area contributed by atoms with Crippen molar-refractivity contribution in [1.82, 2.24) is 9.80 Å². The molecule has 0 bridgehead atoms. The average Bonchev–Trinajstić information content (AvgIpc) is 2.38. The van der Waals surface area contributed by atoms with Gasteiger partial charge in [-0.25, -0.2) is 0 Å². The lowest BCUT2D eigenvalue weighted by Gasteiger charge is -2.28. The second-order valence-electron chi connectivity index (χ2n) is 3.81. The zero-order valence-corrected chi connectivity index (χ0v) is 11.2. The van der Waals surface area contributed by atoms with Gasteiger partial charge in [-0.15, -0.1) is 0 Å². The normalized spacial score (nSPS) is 17.1. The number of carbonyl (C=O) groups is 1. The largest absolute Gasteiger partial charge is 0.344 e. The number of carbonyl (C=O) groups excluding carboxylic acids is 1. The summed E-state index contributed by atoms with van der Waals surface area (Å²) >= 11 is 0. The Balaban J connectivity index is 2.98.